The molecule has 2 saturated heterocycles. The van der Waals surface area contributed by atoms with Crippen LogP contribution in [0.1, 0.15) is 44.1 Å². The second-order valence-corrected chi connectivity index (χ2v) is 9.30. The molecule has 0 spiro atoms. The summed E-state index contributed by atoms with van der Waals surface area (Å²) in [6.07, 6.45) is 6.35. The minimum atomic E-state index is 0.327. The zero-order valence-electron chi connectivity index (χ0n) is 18.6. The van der Waals surface area contributed by atoms with Crippen LogP contribution >= 0.6 is 0 Å². The van der Waals surface area contributed by atoms with Crippen LogP contribution < -0.4 is 9.47 Å². The number of carbonyl (C=O) groups is 1. The summed E-state index contributed by atoms with van der Waals surface area (Å²) < 4.78 is 11.4. The molecule has 2 fully saturated rings. The Labute approximate surface area is 181 Å². The van der Waals surface area contributed by atoms with E-state index >= 15 is 0 Å². The average Bonchev–Trinajstić information content (AvgIpc) is 2.78. The van der Waals surface area contributed by atoms with Crippen molar-refractivity contribution in [3.63, 3.8) is 0 Å². The molecule has 30 heavy (non-hydrogen) atoms. The summed E-state index contributed by atoms with van der Waals surface area (Å²) in [5.41, 5.74) is 1.28. The molecular formula is C24H37N3O3. The third-order valence-corrected chi connectivity index (χ3v) is 7.01. The molecule has 0 aliphatic carbocycles. The van der Waals surface area contributed by atoms with E-state index in [1.807, 2.05) is 18.0 Å². The number of benzene rings is 1. The van der Waals surface area contributed by atoms with Gasteiger partial charge < -0.3 is 19.3 Å². The molecule has 1 amide bonds. The van der Waals surface area contributed by atoms with E-state index in [2.05, 4.69) is 29.0 Å². The maximum Gasteiger partial charge on any atom is 0.222 e. The minimum Gasteiger partial charge on any atom is -0.486 e. The van der Waals surface area contributed by atoms with Gasteiger partial charge in [0, 0.05) is 32.6 Å². The van der Waals surface area contributed by atoms with Gasteiger partial charge in [-0.15, -0.1) is 0 Å². The van der Waals surface area contributed by atoms with Crippen molar-refractivity contribution >= 4 is 5.91 Å². The standard InChI is InChI=1S/C24H37N3O3/c1-25-12-9-21(10-13-25)26(2)24(28)8-6-19-4-3-11-27(17-19)18-20-5-7-22-23(16-20)30-15-14-29-22/h5,7,16,19,21H,3-4,6,8-15,17-18H2,1-2H3/t19-/m1/s1. The summed E-state index contributed by atoms with van der Waals surface area (Å²) >= 11 is 0. The van der Waals surface area contributed by atoms with Gasteiger partial charge in [0.25, 0.3) is 0 Å². The molecular weight excluding hydrogens is 378 g/mol. The van der Waals surface area contributed by atoms with E-state index < -0.39 is 0 Å². The van der Waals surface area contributed by atoms with E-state index in [0.717, 1.165) is 63.5 Å². The highest BCUT2D eigenvalue weighted by Gasteiger charge is 2.26. The smallest absolute Gasteiger partial charge is 0.222 e. The van der Waals surface area contributed by atoms with Crippen molar-refractivity contribution in [3.8, 4) is 11.5 Å². The van der Waals surface area contributed by atoms with Gasteiger partial charge in [-0.3, -0.25) is 9.69 Å². The van der Waals surface area contributed by atoms with E-state index in [9.17, 15) is 4.79 Å². The van der Waals surface area contributed by atoms with Crippen LogP contribution in [0.4, 0.5) is 0 Å². The van der Waals surface area contributed by atoms with Gasteiger partial charge in [0.05, 0.1) is 0 Å². The second kappa shape index (κ2) is 10.0. The topological polar surface area (TPSA) is 45.2 Å². The Bertz CT molecular complexity index is 718. The molecule has 3 heterocycles. The normalized spacial score (nSPS) is 23.3. The van der Waals surface area contributed by atoms with Crippen molar-refractivity contribution in [1.82, 2.24) is 14.7 Å². The number of likely N-dealkylation sites (tertiary alicyclic amines) is 2. The summed E-state index contributed by atoms with van der Waals surface area (Å²) in [5.74, 6) is 2.67. The third kappa shape index (κ3) is 5.46. The molecule has 0 unspecified atom stereocenters. The first kappa shape index (κ1) is 21.4. The zero-order valence-corrected chi connectivity index (χ0v) is 18.6. The minimum absolute atomic E-state index is 0.327. The number of ether oxygens (including phenoxy) is 2. The van der Waals surface area contributed by atoms with E-state index in [0.29, 0.717) is 37.5 Å². The molecule has 0 N–H and O–H groups in total. The Morgan fingerprint density at radius 1 is 1.10 bits per heavy atom. The summed E-state index contributed by atoms with van der Waals surface area (Å²) in [7, 11) is 4.17. The number of hydrogen-bond donors (Lipinski definition) is 0. The van der Waals surface area contributed by atoms with Crippen molar-refractivity contribution in [2.24, 2.45) is 5.92 Å². The molecule has 6 nitrogen and oxygen atoms in total. The highest BCUT2D eigenvalue weighted by molar-refractivity contribution is 5.76. The fraction of sp³-hybridized carbons (Fsp3) is 0.708. The summed E-state index contributed by atoms with van der Waals surface area (Å²) in [4.78, 5) is 19.7. The Hall–Kier alpha value is -1.79. The van der Waals surface area contributed by atoms with Crippen molar-refractivity contribution in [2.45, 2.75) is 51.1 Å². The Morgan fingerprint density at radius 3 is 2.67 bits per heavy atom. The van der Waals surface area contributed by atoms with Crippen LogP contribution in [0.5, 0.6) is 11.5 Å². The molecule has 0 bridgehead atoms. The van der Waals surface area contributed by atoms with Gasteiger partial charge in [0.15, 0.2) is 11.5 Å². The molecule has 1 aromatic rings. The number of amides is 1. The zero-order chi connectivity index (χ0) is 20.9. The first-order valence-corrected chi connectivity index (χ1v) is 11.6. The molecule has 0 saturated carbocycles. The lowest BCUT2D eigenvalue weighted by molar-refractivity contribution is -0.133. The largest absolute Gasteiger partial charge is 0.486 e. The SMILES string of the molecule is CN1CCC(N(C)C(=O)CC[C@H]2CCCN(Cc3ccc4c(c3)OCCO4)C2)CC1. The quantitative estimate of drug-likeness (QED) is 0.715. The maximum absolute atomic E-state index is 12.7. The molecule has 3 aliphatic heterocycles. The van der Waals surface area contributed by atoms with E-state index in [-0.39, 0.29) is 0 Å². The lowest BCUT2D eigenvalue weighted by Gasteiger charge is -2.36. The van der Waals surface area contributed by atoms with Crippen molar-refractivity contribution in [1.29, 1.82) is 0 Å². The van der Waals surface area contributed by atoms with Gasteiger partial charge in [0.2, 0.25) is 5.91 Å². The van der Waals surface area contributed by atoms with E-state index in [4.69, 9.17) is 9.47 Å². The number of carbonyl (C=O) groups excluding carboxylic acids is 1. The van der Waals surface area contributed by atoms with Crippen LogP contribution in [0.15, 0.2) is 18.2 Å². The summed E-state index contributed by atoms with van der Waals surface area (Å²) in [6, 6.07) is 6.73. The highest BCUT2D eigenvalue weighted by Crippen LogP contribution is 2.32. The van der Waals surface area contributed by atoms with E-state index in [1.54, 1.807) is 0 Å². The van der Waals surface area contributed by atoms with Gasteiger partial charge in [-0.2, -0.15) is 0 Å². The molecule has 0 radical (unpaired) electrons. The summed E-state index contributed by atoms with van der Waals surface area (Å²) in [6.45, 7) is 6.61. The number of fused-ring (bicyclic) bond motifs is 1. The molecule has 3 aliphatic rings. The van der Waals surface area contributed by atoms with Gasteiger partial charge in [-0.1, -0.05) is 6.07 Å². The van der Waals surface area contributed by atoms with Crippen LogP contribution in [0.25, 0.3) is 0 Å². The van der Waals surface area contributed by atoms with Crippen molar-refractivity contribution in [2.75, 3.05) is 53.5 Å². The highest BCUT2D eigenvalue weighted by atomic mass is 16.6. The molecule has 0 aromatic heterocycles. The second-order valence-electron chi connectivity index (χ2n) is 9.30. The Balaban J connectivity index is 1.23. The summed E-state index contributed by atoms with van der Waals surface area (Å²) in [5, 5.41) is 0. The number of piperidine rings is 2. The predicted octanol–water partition coefficient (Wildman–Crippen LogP) is 3.00. The lowest BCUT2D eigenvalue weighted by Crippen LogP contribution is -2.44. The molecule has 1 atom stereocenters. The Morgan fingerprint density at radius 2 is 1.87 bits per heavy atom. The average molecular weight is 416 g/mol. The van der Waals surface area contributed by atoms with Crippen LogP contribution in [-0.4, -0.2) is 80.1 Å². The monoisotopic (exact) mass is 415 g/mol. The van der Waals surface area contributed by atoms with Gasteiger partial charge >= 0.3 is 0 Å². The third-order valence-electron chi connectivity index (χ3n) is 7.01. The van der Waals surface area contributed by atoms with Crippen molar-refractivity contribution in [3.05, 3.63) is 23.8 Å². The fourth-order valence-corrected chi connectivity index (χ4v) is 5.06. The van der Waals surface area contributed by atoms with Gasteiger partial charge in [-0.05, 0) is 82.4 Å². The van der Waals surface area contributed by atoms with Crippen molar-refractivity contribution < 1.29 is 14.3 Å². The molecule has 166 valence electrons. The van der Waals surface area contributed by atoms with Crippen LogP contribution in [-0.2, 0) is 11.3 Å². The number of nitrogens with zero attached hydrogens (tertiary/aromatic N) is 3. The maximum atomic E-state index is 12.7. The molecule has 1 aromatic carbocycles. The Kier molecular flexibility index (Phi) is 7.16. The number of rotatable bonds is 6. The van der Waals surface area contributed by atoms with E-state index in [1.165, 1.54) is 18.4 Å². The van der Waals surface area contributed by atoms with Gasteiger partial charge in [0.1, 0.15) is 13.2 Å². The first-order valence-electron chi connectivity index (χ1n) is 11.6. The fourth-order valence-electron chi connectivity index (χ4n) is 5.06. The van der Waals surface area contributed by atoms with Gasteiger partial charge in [-0.25, -0.2) is 0 Å². The lowest BCUT2D eigenvalue weighted by atomic mass is 9.92. The van der Waals surface area contributed by atoms with Crippen LogP contribution in [0.2, 0.25) is 0 Å². The predicted molar refractivity (Wildman–Crippen MR) is 118 cm³/mol. The molecule has 4 rings (SSSR count). The van der Waals surface area contributed by atoms with Crippen LogP contribution in [0.3, 0.4) is 0 Å². The number of hydrogen-bond acceptors (Lipinski definition) is 5. The molecule has 6 heteroatoms. The first-order chi connectivity index (χ1) is 14.6. The van der Waals surface area contributed by atoms with Crippen LogP contribution in [0, 0.1) is 5.92 Å².